The number of nitrogens with two attached hydrogens (primary N) is 1. The Morgan fingerprint density at radius 1 is 1.10 bits per heavy atom. The molecule has 2 aromatic rings. The van der Waals surface area contributed by atoms with Crippen LogP contribution >= 0.6 is 15.9 Å². The molecule has 106 valence electrons. The Hall–Kier alpha value is -1.26. The van der Waals surface area contributed by atoms with E-state index >= 15 is 0 Å². The molecule has 1 atom stereocenters. The molecule has 0 aliphatic heterocycles. The molecule has 0 amide bonds. The van der Waals surface area contributed by atoms with Crippen LogP contribution in [0.1, 0.15) is 23.6 Å². The van der Waals surface area contributed by atoms with Crippen molar-refractivity contribution in [2.75, 3.05) is 0 Å². The van der Waals surface area contributed by atoms with Gasteiger partial charge < -0.3 is 5.73 Å². The molecule has 0 bridgehead atoms. The largest absolute Gasteiger partial charge is 0.321 e. The third kappa shape index (κ3) is 3.25. The van der Waals surface area contributed by atoms with Crippen molar-refractivity contribution < 1.29 is 8.78 Å². The van der Waals surface area contributed by atoms with E-state index in [-0.39, 0.29) is 11.6 Å². The lowest BCUT2D eigenvalue weighted by Crippen LogP contribution is -2.35. The second-order valence-electron chi connectivity index (χ2n) is 5.31. The molecule has 0 fully saturated rings. The van der Waals surface area contributed by atoms with Crippen LogP contribution in [-0.2, 0) is 12.0 Å². The molecular weight excluding hydrogens is 324 g/mol. The second-order valence-corrected chi connectivity index (χ2v) is 6.16. The van der Waals surface area contributed by atoms with E-state index in [4.69, 9.17) is 5.73 Å². The van der Waals surface area contributed by atoms with Crippen molar-refractivity contribution in [1.82, 2.24) is 0 Å². The van der Waals surface area contributed by atoms with Gasteiger partial charge in [-0.2, -0.15) is 0 Å². The van der Waals surface area contributed by atoms with Crippen molar-refractivity contribution in [3.8, 4) is 0 Å². The molecule has 20 heavy (non-hydrogen) atoms. The first kappa shape index (κ1) is 15.1. The van der Waals surface area contributed by atoms with Crippen LogP contribution < -0.4 is 5.73 Å². The predicted molar refractivity (Wildman–Crippen MR) is 80.5 cm³/mol. The van der Waals surface area contributed by atoms with Crippen molar-refractivity contribution >= 4 is 15.9 Å². The minimum Gasteiger partial charge on any atom is -0.321 e. The third-order valence-electron chi connectivity index (χ3n) is 3.39. The molecule has 0 aliphatic carbocycles. The third-order valence-corrected chi connectivity index (χ3v) is 3.99. The number of aryl methyl sites for hydroxylation is 1. The van der Waals surface area contributed by atoms with E-state index in [1.807, 2.05) is 13.0 Å². The number of halogens is 3. The van der Waals surface area contributed by atoms with Gasteiger partial charge in [0.15, 0.2) is 0 Å². The molecule has 1 unspecified atom stereocenters. The topological polar surface area (TPSA) is 26.0 Å². The SMILES string of the molecule is Cc1ccc(C(C)(N)Cc2ccc(F)c(Br)c2)cc1F. The summed E-state index contributed by atoms with van der Waals surface area (Å²) in [5, 5.41) is 0. The molecule has 0 heterocycles. The predicted octanol–water partition coefficient (Wildman–Crippen LogP) is 4.45. The number of hydrogen-bond donors (Lipinski definition) is 1. The van der Waals surface area contributed by atoms with Gasteiger partial charge in [0.25, 0.3) is 0 Å². The molecule has 2 aromatic carbocycles. The zero-order valence-corrected chi connectivity index (χ0v) is 13.0. The van der Waals surface area contributed by atoms with Crippen LogP contribution in [0.4, 0.5) is 8.78 Å². The van der Waals surface area contributed by atoms with Gasteiger partial charge in [-0.1, -0.05) is 18.2 Å². The lowest BCUT2D eigenvalue weighted by atomic mass is 9.86. The van der Waals surface area contributed by atoms with Crippen molar-refractivity contribution in [3.63, 3.8) is 0 Å². The van der Waals surface area contributed by atoms with Crippen molar-refractivity contribution in [3.05, 3.63) is 69.2 Å². The molecule has 2 rings (SSSR count). The summed E-state index contributed by atoms with van der Waals surface area (Å²) in [5.41, 5.74) is 7.79. The van der Waals surface area contributed by atoms with Crippen LogP contribution in [0.25, 0.3) is 0 Å². The number of hydrogen-bond acceptors (Lipinski definition) is 1. The average molecular weight is 340 g/mol. The molecule has 0 radical (unpaired) electrons. The van der Waals surface area contributed by atoms with E-state index < -0.39 is 5.54 Å². The summed E-state index contributed by atoms with van der Waals surface area (Å²) >= 11 is 3.16. The number of benzene rings is 2. The van der Waals surface area contributed by atoms with E-state index in [2.05, 4.69) is 15.9 Å². The highest BCUT2D eigenvalue weighted by atomic mass is 79.9. The van der Waals surface area contributed by atoms with Gasteiger partial charge in [0.2, 0.25) is 0 Å². The van der Waals surface area contributed by atoms with Crippen LogP contribution in [0.15, 0.2) is 40.9 Å². The van der Waals surface area contributed by atoms with Crippen LogP contribution in [0.2, 0.25) is 0 Å². The molecule has 2 N–H and O–H groups in total. The molecule has 0 aromatic heterocycles. The highest BCUT2D eigenvalue weighted by Gasteiger charge is 2.23. The van der Waals surface area contributed by atoms with Gasteiger partial charge in [0.05, 0.1) is 4.47 Å². The fourth-order valence-corrected chi connectivity index (χ4v) is 2.55. The van der Waals surface area contributed by atoms with E-state index in [1.54, 1.807) is 25.1 Å². The van der Waals surface area contributed by atoms with Gasteiger partial charge in [-0.25, -0.2) is 8.78 Å². The van der Waals surface area contributed by atoms with Crippen LogP contribution in [0.3, 0.4) is 0 Å². The molecule has 4 heteroatoms. The van der Waals surface area contributed by atoms with Crippen LogP contribution in [0, 0.1) is 18.6 Å². The first-order valence-corrected chi connectivity index (χ1v) is 7.08. The summed E-state index contributed by atoms with van der Waals surface area (Å²) in [5.74, 6) is -0.576. The van der Waals surface area contributed by atoms with E-state index in [1.165, 1.54) is 12.1 Å². The summed E-state index contributed by atoms with van der Waals surface area (Å²) < 4.78 is 27.3. The van der Waals surface area contributed by atoms with Crippen LogP contribution in [0.5, 0.6) is 0 Å². The monoisotopic (exact) mass is 339 g/mol. The molecule has 0 spiro atoms. The lowest BCUT2D eigenvalue weighted by molar-refractivity contribution is 0.485. The van der Waals surface area contributed by atoms with E-state index in [9.17, 15) is 8.78 Å². The Balaban J connectivity index is 2.29. The van der Waals surface area contributed by atoms with Crippen LogP contribution in [-0.4, -0.2) is 0 Å². The average Bonchev–Trinajstić information content (AvgIpc) is 2.37. The summed E-state index contributed by atoms with van der Waals surface area (Å²) in [6, 6.07) is 9.80. The van der Waals surface area contributed by atoms with Gasteiger partial charge >= 0.3 is 0 Å². The van der Waals surface area contributed by atoms with E-state index in [0.717, 1.165) is 11.1 Å². The van der Waals surface area contributed by atoms with Crippen molar-refractivity contribution in [2.24, 2.45) is 5.73 Å². The summed E-state index contributed by atoms with van der Waals surface area (Å²) in [4.78, 5) is 0. The normalized spacial score (nSPS) is 14.1. The highest BCUT2D eigenvalue weighted by Crippen LogP contribution is 2.26. The van der Waals surface area contributed by atoms with E-state index in [0.29, 0.717) is 16.5 Å². The zero-order chi connectivity index (χ0) is 14.9. The Kier molecular flexibility index (Phi) is 4.25. The minimum atomic E-state index is -0.716. The Morgan fingerprint density at radius 2 is 1.80 bits per heavy atom. The van der Waals surface area contributed by atoms with Gasteiger partial charge in [0, 0.05) is 5.54 Å². The maximum atomic E-state index is 13.7. The van der Waals surface area contributed by atoms with Crippen molar-refractivity contribution in [1.29, 1.82) is 0 Å². The first-order chi connectivity index (χ1) is 9.29. The fourth-order valence-electron chi connectivity index (χ4n) is 2.12. The maximum Gasteiger partial charge on any atom is 0.137 e. The molecule has 0 saturated carbocycles. The molecular formula is C16H16BrF2N. The first-order valence-electron chi connectivity index (χ1n) is 6.29. The smallest absolute Gasteiger partial charge is 0.137 e. The Bertz CT molecular complexity index is 638. The fraction of sp³-hybridized carbons (Fsp3) is 0.250. The maximum absolute atomic E-state index is 13.7. The summed E-state index contributed by atoms with van der Waals surface area (Å²) in [7, 11) is 0. The van der Waals surface area contributed by atoms with Gasteiger partial charge in [0.1, 0.15) is 11.6 Å². The van der Waals surface area contributed by atoms with Gasteiger partial charge in [-0.05, 0) is 71.1 Å². The second kappa shape index (κ2) is 5.62. The quantitative estimate of drug-likeness (QED) is 0.878. The molecule has 0 aliphatic rings. The van der Waals surface area contributed by atoms with Gasteiger partial charge in [-0.15, -0.1) is 0 Å². The Labute approximate surface area is 125 Å². The lowest BCUT2D eigenvalue weighted by Gasteiger charge is -2.26. The number of rotatable bonds is 3. The summed E-state index contributed by atoms with van der Waals surface area (Å²) in [6.45, 7) is 3.55. The molecule has 1 nitrogen and oxygen atoms in total. The highest BCUT2D eigenvalue weighted by molar-refractivity contribution is 9.10. The minimum absolute atomic E-state index is 0.264. The summed E-state index contributed by atoms with van der Waals surface area (Å²) in [6.07, 6.45) is 0.494. The standard InChI is InChI=1S/C16H16BrF2N/c1-10-3-5-12(8-15(10)19)16(2,20)9-11-4-6-14(18)13(17)7-11/h3-8H,9,20H2,1-2H3. The van der Waals surface area contributed by atoms with Crippen molar-refractivity contribution in [2.45, 2.75) is 25.8 Å². The Morgan fingerprint density at radius 3 is 2.40 bits per heavy atom. The zero-order valence-electron chi connectivity index (χ0n) is 11.4. The van der Waals surface area contributed by atoms with Gasteiger partial charge in [-0.3, -0.25) is 0 Å². The molecule has 0 saturated heterocycles.